The number of fused-ring (bicyclic) bond motifs is 6. The van der Waals surface area contributed by atoms with E-state index in [0.29, 0.717) is 44.2 Å². The van der Waals surface area contributed by atoms with Crippen molar-refractivity contribution in [1.82, 2.24) is 20.5 Å². The summed E-state index contributed by atoms with van der Waals surface area (Å²) in [6.45, 7) is 6.56. The first-order valence-corrected chi connectivity index (χ1v) is 17.3. The van der Waals surface area contributed by atoms with Crippen molar-refractivity contribution in [1.29, 1.82) is 0 Å². The van der Waals surface area contributed by atoms with E-state index < -0.39 is 30.2 Å². The zero-order chi connectivity index (χ0) is 32.0. The number of hydrazone groups is 1. The minimum absolute atomic E-state index is 0.0395. The molecule has 11 atom stereocenters. The molecule has 0 aromatic heterocycles. The molecule has 6 bridgehead atoms. The third-order valence-corrected chi connectivity index (χ3v) is 12.1. The third kappa shape index (κ3) is 4.90. The van der Waals surface area contributed by atoms with E-state index in [1.165, 1.54) is 5.57 Å². The molecule has 8 heterocycles. The molecule has 5 unspecified atom stereocenters. The molecule has 8 aliphatic heterocycles. The number of rotatable bonds is 2. The first-order chi connectivity index (χ1) is 22.8. The van der Waals surface area contributed by atoms with Crippen LogP contribution in [0.25, 0.3) is 0 Å². The van der Waals surface area contributed by atoms with Gasteiger partial charge in [0, 0.05) is 55.6 Å². The van der Waals surface area contributed by atoms with Crippen molar-refractivity contribution in [3.05, 3.63) is 34.4 Å². The van der Waals surface area contributed by atoms with E-state index >= 15 is 4.39 Å². The molecule has 13 heteroatoms. The number of hydrogen-bond donors (Lipinski definition) is 2. The van der Waals surface area contributed by atoms with Gasteiger partial charge in [0.1, 0.15) is 18.9 Å². The average Bonchev–Trinajstić information content (AvgIpc) is 3.34. The zero-order valence-electron chi connectivity index (χ0n) is 26.9. The van der Waals surface area contributed by atoms with Crippen molar-refractivity contribution in [2.75, 3.05) is 32.8 Å². The van der Waals surface area contributed by atoms with Gasteiger partial charge in [0.05, 0.1) is 35.4 Å². The molecule has 0 radical (unpaired) electrons. The number of nitrogens with zero attached hydrogens (tertiary/aromatic N) is 6. The van der Waals surface area contributed by atoms with Gasteiger partial charge in [0.2, 0.25) is 0 Å². The maximum absolute atomic E-state index is 17.3. The van der Waals surface area contributed by atoms with Crippen molar-refractivity contribution < 1.29 is 23.0 Å². The summed E-state index contributed by atoms with van der Waals surface area (Å²) < 4.78 is 43.8. The second-order valence-corrected chi connectivity index (χ2v) is 15.0. The van der Waals surface area contributed by atoms with E-state index in [-0.39, 0.29) is 53.7 Å². The maximum atomic E-state index is 17.3. The summed E-state index contributed by atoms with van der Waals surface area (Å²) in [6.07, 6.45) is 8.66. The maximum Gasteiger partial charge on any atom is 0.407 e. The molecule has 1 saturated carbocycles. The van der Waals surface area contributed by atoms with Crippen molar-refractivity contribution in [3.8, 4) is 0 Å². The summed E-state index contributed by atoms with van der Waals surface area (Å²) in [4.78, 5) is 31.9. The van der Waals surface area contributed by atoms with Crippen molar-refractivity contribution in [3.63, 3.8) is 0 Å². The van der Waals surface area contributed by atoms with E-state index in [4.69, 9.17) is 24.5 Å². The predicted molar refractivity (Wildman–Crippen MR) is 172 cm³/mol. The predicted octanol–water partition coefficient (Wildman–Crippen LogP) is 3.86. The molecule has 2 aliphatic carbocycles. The molecule has 0 aromatic rings. The Labute approximate surface area is 273 Å². The molecule has 250 valence electrons. The third-order valence-electron chi connectivity index (χ3n) is 12.1. The van der Waals surface area contributed by atoms with Gasteiger partial charge in [0.15, 0.2) is 5.83 Å². The fraction of sp³-hybridized carbons (Fsp3) is 0.676. The second-order valence-electron chi connectivity index (χ2n) is 15.0. The Kier molecular flexibility index (Phi) is 6.97. The molecule has 1 amide bonds. The second kappa shape index (κ2) is 11.0. The Hall–Kier alpha value is -3.45. The lowest BCUT2D eigenvalue weighted by molar-refractivity contribution is 0.102. The lowest BCUT2D eigenvalue weighted by Gasteiger charge is -2.38. The average molecular weight is 649 g/mol. The highest BCUT2D eigenvalue weighted by Crippen LogP contribution is 2.56. The highest BCUT2D eigenvalue weighted by atomic mass is 19.1. The summed E-state index contributed by atoms with van der Waals surface area (Å²) >= 11 is 0. The van der Waals surface area contributed by atoms with Crippen LogP contribution in [0.3, 0.4) is 0 Å². The van der Waals surface area contributed by atoms with Crippen LogP contribution in [0.4, 0.5) is 13.6 Å². The lowest BCUT2D eigenvalue weighted by Crippen LogP contribution is -2.50. The van der Waals surface area contributed by atoms with Crippen molar-refractivity contribution >= 4 is 30.3 Å². The van der Waals surface area contributed by atoms with E-state index in [2.05, 4.69) is 45.6 Å². The van der Waals surface area contributed by atoms with Gasteiger partial charge < -0.3 is 14.8 Å². The molecule has 4 fully saturated rings. The zero-order valence-corrected chi connectivity index (χ0v) is 26.9. The normalized spacial score (nSPS) is 43.6. The van der Waals surface area contributed by atoms with Gasteiger partial charge in [-0.3, -0.25) is 20.2 Å². The molecule has 3 saturated heterocycles. The van der Waals surface area contributed by atoms with Crippen LogP contribution >= 0.6 is 0 Å². The van der Waals surface area contributed by atoms with Crippen LogP contribution in [-0.2, 0) is 9.47 Å². The monoisotopic (exact) mass is 648 g/mol. The minimum atomic E-state index is -0.884. The number of allylic oxidation sites excluding steroid dienone is 5. The molecular formula is C34H42F2N8O3. The number of carbonyl (C=O) groups is 1. The fourth-order valence-electron chi connectivity index (χ4n) is 9.77. The van der Waals surface area contributed by atoms with Gasteiger partial charge in [-0.05, 0) is 76.0 Å². The summed E-state index contributed by atoms with van der Waals surface area (Å²) in [5.41, 5.74) is 6.58. The SMILES string of the molecule is CC1=C2C(C3=C(F)C4=NC(OC[C@@]56CCCN5C[C@H](F)C6)=NC(C4C=N3)N3C[C@@H](C[C@H]3C)NC(=O)OCC[C@H]3C[C@@H]23)C2C=NNC2=C1. The Bertz CT molecular complexity index is 1600. The first kappa shape index (κ1) is 29.7. The number of nitrogens with one attached hydrogen (secondary N) is 2. The van der Waals surface area contributed by atoms with Gasteiger partial charge in [-0.2, -0.15) is 10.1 Å². The quantitative estimate of drug-likeness (QED) is 0.470. The van der Waals surface area contributed by atoms with Crippen LogP contribution in [0, 0.1) is 29.6 Å². The smallest absolute Gasteiger partial charge is 0.407 e. The summed E-state index contributed by atoms with van der Waals surface area (Å²) in [5, 5.41) is 7.42. The minimum Gasteiger partial charge on any atom is -0.462 e. The van der Waals surface area contributed by atoms with Gasteiger partial charge in [-0.1, -0.05) is 5.57 Å². The highest BCUT2D eigenvalue weighted by molar-refractivity contribution is 6.15. The number of carbonyl (C=O) groups excluding carboxylic acids is 1. The van der Waals surface area contributed by atoms with Gasteiger partial charge >= 0.3 is 12.1 Å². The van der Waals surface area contributed by atoms with Crippen LogP contribution in [0.2, 0.25) is 0 Å². The summed E-state index contributed by atoms with van der Waals surface area (Å²) in [5.74, 6) is -0.884. The van der Waals surface area contributed by atoms with Crippen LogP contribution in [0.5, 0.6) is 0 Å². The lowest BCUT2D eigenvalue weighted by atomic mass is 9.73. The van der Waals surface area contributed by atoms with Gasteiger partial charge in [-0.25, -0.2) is 18.6 Å². The first-order valence-electron chi connectivity index (χ1n) is 17.3. The number of alkyl carbamates (subject to hydrolysis) is 1. The van der Waals surface area contributed by atoms with Crippen LogP contribution < -0.4 is 10.7 Å². The number of alkyl halides is 1. The number of ether oxygens (including phenoxy) is 2. The largest absolute Gasteiger partial charge is 0.462 e. The number of amides is 1. The number of halogens is 2. The Morgan fingerprint density at radius 2 is 2.11 bits per heavy atom. The molecule has 11 nitrogen and oxygen atoms in total. The summed E-state index contributed by atoms with van der Waals surface area (Å²) in [7, 11) is 0. The van der Waals surface area contributed by atoms with Crippen molar-refractivity contribution in [2.45, 2.75) is 82.3 Å². The highest BCUT2D eigenvalue weighted by Gasteiger charge is 2.52. The Balaban J connectivity index is 1.12. The van der Waals surface area contributed by atoms with E-state index in [9.17, 15) is 9.18 Å². The van der Waals surface area contributed by atoms with Gasteiger partial charge in [0.25, 0.3) is 0 Å². The Morgan fingerprint density at radius 3 is 3.00 bits per heavy atom. The van der Waals surface area contributed by atoms with Crippen LogP contribution in [0.1, 0.15) is 52.4 Å². The fourth-order valence-corrected chi connectivity index (χ4v) is 9.77. The molecule has 2 N–H and O–H groups in total. The number of hydrogen-bond acceptors (Lipinski definition) is 10. The van der Waals surface area contributed by atoms with Crippen molar-refractivity contribution in [2.24, 2.45) is 49.7 Å². The van der Waals surface area contributed by atoms with Crippen LogP contribution in [-0.4, -0.2) is 103 Å². The molecule has 10 rings (SSSR count). The molecule has 0 aromatic carbocycles. The Morgan fingerprint density at radius 1 is 1.21 bits per heavy atom. The van der Waals surface area contributed by atoms with E-state index in [1.807, 2.05) is 12.4 Å². The topological polar surface area (TPSA) is 116 Å². The standard InChI is InChI=1S/C34H42F2N8O3/c1-17-8-25-23(13-38-42-25)27-26(17)22-10-19(22)4-7-46-33(45)39-21-9-18(2)44(15-21)31-24-12-37-30(27)28(36)29(24)40-32(41-31)47-16-34-5-3-6-43(34)14-20(35)11-34/h8,12-13,18-24,27,31,42H,3-7,9-11,14-16H2,1-2H3,(H,39,45)/t18-,19+,20-,21-,22-,23?,24?,27?,31?,34+/m1/s1. The molecule has 0 spiro atoms. The van der Waals surface area contributed by atoms with Gasteiger partial charge in [-0.15, -0.1) is 0 Å². The van der Waals surface area contributed by atoms with E-state index in [0.717, 1.165) is 43.5 Å². The summed E-state index contributed by atoms with van der Waals surface area (Å²) in [6, 6.07) is 0.0242. The molecule has 47 heavy (non-hydrogen) atoms. The van der Waals surface area contributed by atoms with E-state index in [1.54, 1.807) is 0 Å². The van der Waals surface area contributed by atoms with Crippen LogP contribution in [0.15, 0.2) is 54.5 Å². The molecule has 10 aliphatic rings. The number of amidine groups is 1. The number of aliphatic imine (C=N–C) groups is 3. The molecular weight excluding hydrogens is 606 g/mol.